The highest BCUT2D eigenvalue weighted by molar-refractivity contribution is 7.15. The average molecular weight is 571 g/mol. The molecule has 0 saturated carbocycles. The summed E-state index contributed by atoms with van der Waals surface area (Å²) >= 11 is 1.25. The highest BCUT2D eigenvalue weighted by Gasteiger charge is 2.31. The fraction of sp³-hybridized carbons (Fsp3) is 0.259. The van der Waals surface area contributed by atoms with Gasteiger partial charge >= 0.3 is 6.36 Å². The van der Waals surface area contributed by atoms with Gasteiger partial charge in [-0.15, -0.1) is 23.4 Å². The molecule has 13 heteroatoms. The Morgan fingerprint density at radius 1 is 1.00 bits per heavy atom. The molecule has 0 aliphatic heterocycles. The molecule has 1 aromatic carbocycles. The third-order valence-electron chi connectivity index (χ3n) is 5.76. The largest absolute Gasteiger partial charge is 0.573 e. The van der Waals surface area contributed by atoms with E-state index in [0.717, 1.165) is 29.8 Å². The van der Waals surface area contributed by atoms with Crippen LogP contribution in [-0.2, 0) is 28.9 Å². The zero-order valence-corrected chi connectivity index (χ0v) is 21.9. The number of benzene rings is 1. The summed E-state index contributed by atoms with van der Waals surface area (Å²) in [4.78, 5) is 32.8. The van der Waals surface area contributed by atoms with Crippen LogP contribution in [0.2, 0.25) is 0 Å². The number of aromatic nitrogens is 4. The molecule has 0 bridgehead atoms. The zero-order chi connectivity index (χ0) is 28.5. The van der Waals surface area contributed by atoms with Crippen LogP contribution in [0.25, 0.3) is 0 Å². The van der Waals surface area contributed by atoms with E-state index >= 15 is 0 Å². The van der Waals surface area contributed by atoms with Gasteiger partial charge in [-0.25, -0.2) is 0 Å². The van der Waals surface area contributed by atoms with E-state index in [0.29, 0.717) is 28.4 Å². The molecular weight excluding hydrogens is 545 g/mol. The van der Waals surface area contributed by atoms with Gasteiger partial charge in [-0.3, -0.25) is 19.6 Å². The first-order valence-corrected chi connectivity index (χ1v) is 13.1. The molecule has 1 atom stereocenters. The lowest BCUT2D eigenvalue weighted by Crippen LogP contribution is -2.23. The number of rotatable bonds is 12. The van der Waals surface area contributed by atoms with Gasteiger partial charge in [0.1, 0.15) is 16.7 Å². The van der Waals surface area contributed by atoms with Crippen LogP contribution in [0.3, 0.4) is 0 Å². The summed E-state index contributed by atoms with van der Waals surface area (Å²) in [5.74, 6) is -1.97. The number of pyridine rings is 2. The van der Waals surface area contributed by atoms with Gasteiger partial charge in [-0.05, 0) is 60.2 Å². The Kier molecular flexibility index (Phi) is 9.38. The van der Waals surface area contributed by atoms with Gasteiger partial charge in [0.15, 0.2) is 0 Å². The average Bonchev–Trinajstić information content (AvgIpc) is 3.34. The lowest BCUT2D eigenvalue weighted by atomic mass is 9.95. The van der Waals surface area contributed by atoms with Crippen molar-refractivity contribution in [2.45, 2.75) is 44.4 Å². The molecule has 0 aliphatic rings. The van der Waals surface area contributed by atoms with Crippen LogP contribution in [-0.4, -0.2) is 38.3 Å². The van der Waals surface area contributed by atoms with E-state index in [9.17, 15) is 22.8 Å². The number of halogens is 3. The Bertz CT molecular complexity index is 1430. The fourth-order valence-electron chi connectivity index (χ4n) is 3.99. The van der Waals surface area contributed by atoms with Crippen molar-refractivity contribution in [3.63, 3.8) is 0 Å². The minimum Gasteiger partial charge on any atom is -0.406 e. The van der Waals surface area contributed by atoms with Crippen LogP contribution in [0.4, 0.5) is 18.3 Å². The van der Waals surface area contributed by atoms with Gasteiger partial charge in [0.05, 0.1) is 12.1 Å². The highest BCUT2D eigenvalue weighted by Crippen LogP contribution is 2.25. The number of alkyl halides is 3. The number of primary amides is 1. The van der Waals surface area contributed by atoms with E-state index in [1.165, 1.54) is 35.6 Å². The van der Waals surface area contributed by atoms with E-state index in [-0.39, 0.29) is 12.2 Å². The second kappa shape index (κ2) is 13.1. The Hall–Kier alpha value is -4.39. The summed E-state index contributed by atoms with van der Waals surface area (Å²) in [7, 11) is 0. The van der Waals surface area contributed by atoms with Crippen molar-refractivity contribution in [3.05, 3.63) is 94.5 Å². The van der Waals surface area contributed by atoms with Crippen molar-refractivity contribution in [2.75, 3.05) is 5.32 Å². The van der Waals surface area contributed by atoms with E-state index in [2.05, 4.69) is 30.2 Å². The minimum atomic E-state index is -4.80. The summed E-state index contributed by atoms with van der Waals surface area (Å²) in [6.45, 7) is 0. The highest BCUT2D eigenvalue weighted by atomic mass is 32.1. The normalized spacial score (nSPS) is 12.1. The molecule has 0 spiro atoms. The van der Waals surface area contributed by atoms with Crippen molar-refractivity contribution in [1.82, 2.24) is 20.2 Å². The number of ether oxygens (including phenoxy) is 1. The van der Waals surface area contributed by atoms with Gasteiger partial charge in [0.25, 0.3) is 0 Å². The monoisotopic (exact) mass is 570 g/mol. The van der Waals surface area contributed by atoms with Crippen molar-refractivity contribution in [1.29, 1.82) is 0 Å². The predicted molar refractivity (Wildman–Crippen MR) is 142 cm³/mol. The van der Waals surface area contributed by atoms with E-state index in [1.807, 2.05) is 6.07 Å². The molecular formula is C27H25F3N6O3S. The van der Waals surface area contributed by atoms with Gasteiger partial charge < -0.3 is 15.8 Å². The summed E-state index contributed by atoms with van der Waals surface area (Å²) < 4.78 is 41.1. The number of anilines is 1. The molecule has 0 radical (unpaired) electrons. The molecule has 208 valence electrons. The summed E-state index contributed by atoms with van der Waals surface area (Å²) in [6, 6.07) is 12.5. The van der Waals surface area contributed by atoms with Gasteiger partial charge in [0.2, 0.25) is 16.9 Å². The Labute approximate surface area is 231 Å². The SMILES string of the molecule is NC(=O)C(c1cccnc1)c1ccc(CCCCc2nnc(NC(=O)Cc3cccc(OC(F)(F)F)c3)s2)cn1. The number of nitrogens with zero attached hydrogens (tertiary/aromatic N) is 4. The molecule has 3 N–H and O–H groups in total. The van der Waals surface area contributed by atoms with Crippen molar-refractivity contribution in [2.24, 2.45) is 5.73 Å². The Morgan fingerprint density at radius 2 is 1.82 bits per heavy atom. The molecule has 0 saturated heterocycles. The third-order valence-corrected chi connectivity index (χ3v) is 6.66. The van der Waals surface area contributed by atoms with E-state index in [1.54, 1.807) is 36.8 Å². The van der Waals surface area contributed by atoms with E-state index < -0.39 is 24.1 Å². The van der Waals surface area contributed by atoms with Crippen molar-refractivity contribution < 1.29 is 27.5 Å². The van der Waals surface area contributed by atoms with Crippen LogP contribution in [0.1, 0.15) is 46.2 Å². The Morgan fingerprint density at radius 3 is 2.52 bits per heavy atom. The molecule has 40 heavy (non-hydrogen) atoms. The molecule has 2 amide bonds. The molecule has 9 nitrogen and oxygen atoms in total. The van der Waals surface area contributed by atoms with Crippen LogP contribution >= 0.6 is 11.3 Å². The number of aryl methyl sites for hydroxylation is 2. The lowest BCUT2D eigenvalue weighted by molar-refractivity contribution is -0.274. The lowest BCUT2D eigenvalue weighted by Gasteiger charge is -2.13. The molecule has 0 fully saturated rings. The maximum atomic E-state index is 12.4. The van der Waals surface area contributed by atoms with Crippen molar-refractivity contribution >= 4 is 28.3 Å². The molecule has 4 rings (SSSR count). The van der Waals surface area contributed by atoms with Crippen LogP contribution < -0.4 is 15.8 Å². The number of nitrogens with two attached hydrogens (primary N) is 1. The number of carbonyl (C=O) groups is 2. The number of unbranched alkanes of at least 4 members (excludes halogenated alkanes) is 1. The second-order valence-corrected chi connectivity index (χ2v) is 9.90. The maximum Gasteiger partial charge on any atom is 0.573 e. The summed E-state index contributed by atoms with van der Waals surface area (Å²) in [6.07, 6.45) is 3.16. The number of carbonyl (C=O) groups excluding carboxylic acids is 2. The number of amides is 2. The summed E-state index contributed by atoms with van der Waals surface area (Å²) in [5, 5.41) is 11.8. The second-order valence-electron chi connectivity index (χ2n) is 8.84. The number of hydrogen-bond donors (Lipinski definition) is 2. The predicted octanol–water partition coefficient (Wildman–Crippen LogP) is 4.59. The number of hydrogen-bond acceptors (Lipinski definition) is 8. The first-order chi connectivity index (χ1) is 19.2. The van der Waals surface area contributed by atoms with Crippen molar-refractivity contribution in [3.8, 4) is 5.75 Å². The summed E-state index contributed by atoms with van der Waals surface area (Å²) in [5.41, 5.74) is 8.24. The maximum absolute atomic E-state index is 12.4. The first kappa shape index (κ1) is 28.6. The fourth-order valence-corrected chi connectivity index (χ4v) is 4.79. The number of nitrogens with one attached hydrogen (secondary N) is 1. The molecule has 0 aliphatic carbocycles. The molecule has 1 unspecified atom stereocenters. The van der Waals surface area contributed by atoms with Crippen LogP contribution in [0, 0.1) is 0 Å². The quantitative estimate of drug-likeness (QED) is 0.238. The molecule has 4 aromatic rings. The van der Waals surface area contributed by atoms with Gasteiger partial charge in [-0.1, -0.05) is 35.6 Å². The van der Waals surface area contributed by atoms with Crippen LogP contribution in [0.5, 0.6) is 5.75 Å². The topological polar surface area (TPSA) is 133 Å². The van der Waals surface area contributed by atoms with Crippen LogP contribution in [0.15, 0.2) is 67.1 Å². The zero-order valence-electron chi connectivity index (χ0n) is 21.1. The molecule has 3 heterocycles. The standard InChI is InChI=1S/C27H25F3N6O3S/c28-27(29,30)39-20-8-3-6-18(13-20)14-22(37)34-26-36-35-23(40-26)9-2-1-5-17-10-11-21(33-15-17)24(25(31)38)19-7-4-12-32-16-19/h3-4,6-8,10-13,15-16,24H,1-2,5,9,14H2,(H2,31,38)(H,34,36,37). The van der Waals surface area contributed by atoms with E-state index in [4.69, 9.17) is 5.73 Å². The first-order valence-electron chi connectivity index (χ1n) is 12.3. The Balaban J connectivity index is 1.22. The van der Waals surface area contributed by atoms with Gasteiger partial charge in [-0.2, -0.15) is 0 Å². The van der Waals surface area contributed by atoms with Gasteiger partial charge in [0, 0.05) is 25.0 Å². The third kappa shape index (κ3) is 8.56. The smallest absolute Gasteiger partial charge is 0.406 e. The molecule has 3 aromatic heterocycles. The minimum absolute atomic E-state index is 0.140.